The Bertz CT molecular complexity index is 667. The van der Waals surface area contributed by atoms with Crippen LogP contribution in [0, 0.1) is 5.41 Å². The molecular formula is C10H14ClN3O2S2. The van der Waals surface area contributed by atoms with Gasteiger partial charge in [-0.25, -0.2) is 18.1 Å². The number of halogens is 1. The molecule has 18 heavy (non-hydrogen) atoms. The zero-order valence-electron chi connectivity index (χ0n) is 10.3. The van der Waals surface area contributed by atoms with Crippen LogP contribution in [-0.2, 0) is 10.0 Å². The number of aromatic nitrogens is 2. The number of fused-ring (bicyclic) bond motifs is 1. The molecule has 0 spiro atoms. The minimum atomic E-state index is -3.65. The molecule has 0 aromatic carbocycles. The largest absolute Gasteiger partial charge is 0.279 e. The second kappa shape index (κ2) is 4.48. The fourth-order valence-corrected chi connectivity index (χ4v) is 4.09. The third-order valence-corrected chi connectivity index (χ3v) is 4.78. The summed E-state index contributed by atoms with van der Waals surface area (Å²) in [6.07, 6.45) is 1.64. The van der Waals surface area contributed by atoms with E-state index < -0.39 is 10.0 Å². The molecule has 8 heteroatoms. The van der Waals surface area contributed by atoms with Crippen LogP contribution in [0.4, 0.5) is 0 Å². The van der Waals surface area contributed by atoms with Gasteiger partial charge in [-0.3, -0.25) is 4.40 Å². The van der Waals surface area contributed by atoms with Crippen LogP contribution in [0.15, 0.2) is 16.6 Å². The van der Waals surface area contributed by atoms with Gasteiger partial charge in [-0.1, -0.05) is 32.4 Å². The first-order chi connectivity index (χ1) is 8.21. The van der Waals surface area contributed by atoms with Crippen molar-refractivity contribution >= 4 is 37.9 Å². The van der Waals surface area contributed by atoms with Crippen molar-refractivity contribution in [1.82, 2.24) is 14.1 Å². The Balaban J connectivity index is 2.40. The molecular weight excluding hydrogens is 294 g/mol. The lowest BCUT2D eigenvalue weighted by atomic mass is 9.98. The van der Waals surface area contributed by atoms with Gasteiger partial charge >= 0.3 is 0 Å². The van der Waals surface area contributed by atoms with Crippen molar-refractivity contribution in [3.63, 3.8) is 0 Å². The maximum Gasteiger partial charge on any atom is 0.259 e. The van der Waals surface area contributed by atoms with Gasteiger partial charge in [0.2, 0.25) is 0 Å². The molecule has 0 aliphatic rings. The Kier molecular flexibility index (Phi) is 3.44. The molecule has 0 fully saturated rings. The Morgan fingerprint density at radius 2 is 2.17 bits per heavy atom. The third kappa shape index (κ3) is 2.69. The summed E-state index contributed by atoms with van der Waals surface area (Å²) in [6, 6.07) is 0. The molecule has 2 aromatic heterocycles. The normalized spacial score (nSPS) is 13.3. The molecule has 2 rings (SSSR count). The zero-order chi connectivity index (χ0) is 13.6. The Morgan fingerprint density at radius 3 is 2.78 bits per heavy atom. The molecule has 0 saturated heterocycles. The zero-order valence-corrected chi connectivity index (χ0v) is 12.7. The second-order valence-corrected chi connectivity index (χ2v) is 8.06. The van der Waals surface area contributed by atoms with Crippen LogP contribution < -0.4 is 4.72 Å². The van der Waals surface area contributed by atoms with Gasteiger partial charge in [0.15, 0.2) is 15.1 Å². The molecule has 2 aromatic rings. The lowest BCUT2D eigenvalue weighted by molar-refractivity contribution is 0.407. The molecule has 2 heterocycles. The predicted octanol–water partition coefficient (Wildman–Crippen LogP) is 2.37. The van der Waals surface area contributed by atoms with Gasteiger partial charge < -0.3 is 0 Å². The molecule has 0 bridgehead atoms. The molecule has 0 unspecified atom stereocenters. The van der Waals surface area contributed by atoms with Crippen LogP contribution in [-0.4, -0.2) is 24.3 Å². The highest BCUT2D eigenvalue weighted by Crippen LogP contribution is 2.25. The lowest BCUT2D eigenvalue weighted by Crippen LogP contribution is -2.33. The fraction of sp³-hybridized carbons (Fsp3) is 0.500. The van der Waals surface area contributed by atoms with E-state index in [-0.39, 0.29) is 15.6 Å². The van der Waals surface area contributed by atoms with Crippen LogP contribution in [0.3, 0.4) is 0 Å². The lowest BCUT2D eigenvalue weighted by Gasteiger charge is -2.18. The minimum absolute atomic E-state index is 0.00302. The van der Waals surface area contributed by atoms with Crippen LogP contribution in [0.5, 0.6) is 0 Å². The quantitative estimate of drug-likeness (QED) is 0.947. The number of hydrogen-bond donors (Lipinski definition) is 1. The number of nitrogens with zero attached hydrogens (tertiary/aromatic N) is 2. The van der Waals surface area contributed by atoms with E-state index in [0.717, 1.165) is 0 Å². The summed E-state index contributed by atoms with van der Waals surface area (Å²) in [4.78, 5) is 4.58. The average Bonchev–Trinajstić information content (AvgIpc) is 2.72. The SMILES string of the molecule is CC(C)(C)CNS(=O)(=O)c1c(Cl)nc2sccn12. The van der Waals surface area contributed by atoms with Gasteiger partial charge in [0.1, 0.15) is 0 Å². The first-order valence-corrected chi connectivity index (χ1v) is 8.05. The summed E-state index contributed by atoms with van der Waals surface area (Å²) < 4.78 is 28.5. The van der Waals surface area contributed by atoms with E-state index >= 15 is 0 Å². The monoisotopic (exact) mass is 307 g/mol. The molecule has 0 atom stereocenters. The van der Waals surface area contributed by atoms with Gasteiger partial charge in [-0.05, 0) is 5.41 Å². The molecule has 1 N–H and O–H groups in total. The van der Waals surface area contributed by atoms with E-state index in [1.54, 1.807) is 11.6 Å². The fourth-order valence-electron chi connectivity index (χ4n) is 1.36. The molecule has 0 amide bonds. The van der Waals surface area contributed by atoms with Gasteiger partial charge in [0, 0.05) is 18.1 Å². The topological polar surface area (TPSA) is 63.5 Å². The first-order valence-electron chi connectivity index (χ1n) is 5.31. The number of thiazole rings is 1. The van der Waals surface area contributed by atoms with Crippen molar-refractivity contribution in [2.24, 2.45) is 5.41 Å². The summed E-state index contributed by atoms with van der Waals surface area (Å²) in [7, 11) is -3.65. The molecule has 0 aliphatic carbocycles. The summed E-state index contributed by atoms with van der Waals surface area (Å²) in [5.41, 5.74) is -0.141. The maximum atomic E-state index is 12.2. The summed E-state index contributed by atoms with van der Waals surface area (Å²) in [5, 5.41) is 1.77. The van der Waals surface area contributed by atoms with E-state index in [9.17, 15) is 8.42 Å². The molecule has 0 radical (unpaired) electrons. The number of sulfonamides is 1. The standard InChI is InChI=1S/C10H14ClN3O2S2/c1-10(2,3)6-12-18(15,16)8-7(11)13-9-14(8)4-5-17-9/h4-5,12H,6H2,1-3H3. The van der Waals surface area contributed by atoms with Gasteiger partial charge in [0.05, 0.1) is 0 Å². The minimum Gasteiger partial charge on any atom is -0.279 e. The summed E-state index contributed by atoms with van der Waals surface area (Å²) >= 11 is 7.24. The highest BCUT2D eigenvalue weighted by atomic mass is 35.5. The third-order valence-electron chi connectivity index (χ3n) is 2.23. The van der Waals surface area contributed by atoms with Gasteiger partial charge in [-0.2, -0.15) is 0 Å². The first kappa shape index (κ1) is 13.8. The number of hydrogen-bond acceptors (Lipinski definition) is 4. The Morgan fingerprint density at radius 1 is 1.50 bits per heavy atom. The summed E-state index contributed by atoms with van der Waals surface area (Å²) in [5.74, 6) is 0. The van der Waals surface area contributed by atoms with Crippen LogP contribution in [0.1, 0.15) is 20.8 Å². The molecule has 0 saturated carbocycles. The van der Waals surface area contributed by atoms with E-state index in [0.29, 0.717) is 11.5 Å². The highest BCUT2D eigenvalue weighted by molar-refractivity contribution is 7.89. The highest BCUT2D eigenvalue weighted by Gasteiger charge is 2.26. The van der Waals surface area contributed by atoms with Crippen LogP contribution in [0.2, 0.25) is 5.15 Å². The van der Waals surface area contributed by atoms with Gasteiger partial charge in [0.25, 0.3) is 10.0 Å². The van der Waals surface area contributed by atoms with Crippen LogP contribution in [0.25, 0.3) is 4.96 Å². The van der Waals surface area contributed by atoms with Crippen molar-refractivity contribution in [3.8, 4) is 0 Å². The number of nitrogens with one attached hydrogen (secondary N) is 1. The molecule has 0 aliphatic heterocycles. The van der Waals surface area contributed by atoms with E-state index in [1.165, 1.54) is 15.7 Å². The van der Waals surface area contributed by atoms with E-state index in [2.05, 4.69) is 9.71 Å². The Hall–Kier alpha value is -0.630. The smallest absolute Gasteiger partial charge is 0.259 e. The van der Waals surface area contributed by atoms with Gasteiger partial charge in [-0.15, -0.1) is 11.3 Å². The average molecular weight is 308 g/mol. The van der Waals surface area contributed by atoms with Crippen molar-refractivity contribution in [2.45, 2.75) is 25.8 Å². The van der Waals surface area contributed by atoms with Crippen LogP contribution >= 0.6 is 22.9 Å². The van der Waals surface area contributed by atoms with E-state index in [4.69, 9.17) is 11.6 Å². The maximum absolute atomic E-state index is 12.2. The van der Waals surface area contributed by atoms with Crippen molar-refractivity contribution in [1.29, 1.82) is 0 Å². The molecule has 5 nitrogen and oxygen atoms in total. The number of imidazole rings is 1. The second-order valence-electron chi connectivity index (χ2n) is 5.15. The predicted molar refractivity (Wildman–Crippen MR) is 72.7 cm³/mol. The Labute approximate surface area is 115 Å². The number of rotatable bonds is 3. The van der Waals surface area contributed by atoms with Crippen molar-refractivity contribution in [3.05, 3.63) is 16.7 Å². The van der Waals surface area contributed by atoms with E-state index in [1.807, 2.05) is 20.8 Å². The summed E-state index contributed by atoms with van der Waals surface area (Å²) in [6.45, 7) is 6.19. The molecule has 100 valence electrons. The van der Waals surface area contributed by atoms with Crippen molar-refractivity contribution in [2.75, 3.05) is 6.54 Å². The van der Waals surface area contributed by atoms with Crippen molar-refractivity contribution < 1.29 is 8.42 Å².